The van der Waals surface area contributed by atoms with Crippen LogP contribution >= 0.6 is 15.9 Å². The number of hydrogen-bond donors (Lipinski definition) is 1. The zero-order valence-electron chi connectivity index (χ0n) is 12.0. The summed E-state index contributed by atoms with van der Waals surface area (Å²) >= 11 is 3.71. The zero-order chi connectivity index (χ0) is 14.4. The molecule has 2 aromatic heterocycles. The van der Waals surface area contributed by atoms with Crippen LogP contribution in [0.3, 0.4) is 0 Å². The predicted molar refractivity (Wildman–Crippen MR) is 86.2 cm³/mol. The molecule has 4 nitrogen and oxygen atoms in total. The molecule has 0 saturated carbocycles. The molecule has 2 N–H and O–H groups in total. The first-order chi connectivity index (χ1) is 9.54. The van der Waals surface area contributed by atoms with Crippen LogP contribution in [0.25, 0.3) is 16.8 Å². The van der Waals surface area contributed by atoms with Gasteiger partial charge in [-0.25, -0.2) is 4.98 Å². The van der Waals surface area contributed by atoms with Gasteiger partial charge in [0.15, 0.2) is 0 Å². The van der Waals surface area contributed by atoms with Crippen LogP contribution in [0.4, 0.5) is 0 Å². The monoisotopic (exact) mass is 334 g/mol. The number of imidazole rings is 2. The van der Waals surface area contributed by atoms with Gasteiger partial charge in [0, 0.05) is 13.5 Å². The highest BCUT2D eigenvalue weighted by Crippen LogP contribution is 2.29. The zero-order valence-corrected chi connectivity index (χ0v) is 13.6. The average molecular weight is 335 g/mol. The quantitative estimate of drug-likeness (QED) is 0.799. The van der Waals surface area contributed by atoms with E-state index in [1.54, 1.807) is 0 Å². The molecule has 0 aliphatic rings. The minimum Gasteiger partial charge on any atom is -0.330 e. The van der Waals surface area contributed by atoms with Crippen molar-refractivity contribution in [1.82, 2.24) is 14.0 Å². The first kappa shape index (κ1) is 13.6. The molecule has 3 rings (SSSR count). The van der Waals surface area contributed by atoms with Crippen LogP contribution in [-0.4, -0.2) is 20.5 Å². The van der Waals surface area contributed by atoms with Gasteiger partial charge in [-0.15, -0.1) is 0 Å². The van der Waals surface area contributed by atoms with Gasteiger partial charge in [0.25, 0.3) is 0 Å². The molecular weight excluding hydrogens is 316 g/mol. The molecule has 0 spiro atoms. The molecule has 0 aliphatic heterocycles. The van der Waals surface area contributed by atoms with Crippen molar-refractivity contribution in [2.45, 2.75) is 26.2 Å². The van der Waals surface area contributed by atoms with E-state index in [0.717, 1.165) is 27.8 Å². The van der Waals surface area contributed by atoms with Crippen LogP contribution in [0.15, 0.2) is 22.8 Å². The van der Waals surface area contributed by atoms with E-state index in [-0.39, 0.29) is 0 Å². The molecule has 0 unspecified atom stereocenters. The number of benzene rings is 1. The van der Waals surface area contributed by atoms with Crippen LogP contribution < -0.4 is 5.73 Å². The molecule has 20 heavy (non-hydrogen) atoms. The number of nitrogens with two attached hydrogens (primary N) is 1. The summed E-state index contributed by atoms with van der Waals surface area (Å²) in [4.78, 5) is 4.73. The maximum Gasteiger partial charge on any atom is 0.215 e. The largest absolute Gasteiger partial charge is 0.330 e. The third-order valence-electron chi connectivity index (χ3n) is 3.85. The molecule has 0 aliphatic carbocycles. The lowest BCUT2D eigenvalue weighted by molar-refractivity contribution is 0.816. The summed E-state index contributed by atoms with van der Waals surface area (Å²) in [5, 5.41) is 0. The fraction of sp³-hybridized carbons (Fsp3) is 0.400. The smallest absolute Gasteiger partial charge is 0.215 e. The molecule has 0 fully saturated rings. The predicted octanol–water partition coefficient (Wildman–Crippen LogP) is 3.21. The van der Waals surface area contributed by atoms with Gasteiger partial charge in [-0.05, 0) is 46.1 Å². The van der Waals surface area contributed by atoms with Gasteiger partial charge in [-0.1, -0.05) is 19.9 Å². The maximum absolute atomic E-state index is 5.70. The number of fused-ring (bicyclic) bond motifs is 3. The van der Waals surface area contributed by atoms with E-state index in [2.05, 4.69) is 56.9 Å². The number of halogens is 1. The van der Waals surface area contributed by atoms with Crippen molar-refractivity contribution in [3.8, 4) is 0 Å². The summed E-state index contributed by atoms with van der Waals surface area (Å²) in [6, 6.07) is 6.50. The summed E-state index contributed by atoms with van der Waals surface area (Å²) in [7, 11) is 2.04. The second-order valence-electron chi connectivity index (χ2n) is 5.49. The Kier molecular flexibility index (Phi) is 3.34. The first-order valence-electron chi connectivity index (χ1n) is 6.89. The number of aromatic nitrogens is 3. The Bertz CT molecular complexity index is 782. The summed E-state index contributed by atoms with van der Waals surface area (Å²) in [5.74, 6) is 1.46. The van der Waals surface area contributed by atoms with Gasteiger partial charge in [0.1, 0.15) is 4.60 Å². The highest BCUT2D eigenvalue weighted by Gasteiger charge is 2.17. The van der Waals surface area contributed by atoms with E-state index in [1.165, 1.54) is 11.3 Å². The van der Waals surface area contributed by atoms with Crippen LogP contribution in [0.5, 0.6) is 0 Å². The van der Waals surface area contributed by atoms with Crippen molar-refractivity contribution in [1.29, 1.82) is 0 Å². The van der Waals surface area contributed by atoms with Gasteiger partial charge in [-0.2, -0.15) is 0 Å². The third kappa shape index (κ3) is 1.88. The topological polar surface area (TPSA) is 48.2 Å². The Labute approximate surface area is 126 Å². The molecule has 0 amide bonds. The Hall–Kier alpha value is -1.33. The number of aryl methyl sites for hydroxylation is 1. The van der Waals surface area contributed by atoms with E-state index >= 15 is 0 Å². The molecule has 1 aromatic carbocycles. The average Bonchev–Trinajstić information content (AvgIpc) is 2.90. The van der Waals surface area contributed by atoms with Gasteiger partial charge in [0.2, 0.25) is 5.78 Å². The summed E-state index contributed by atoms with van der Waals surface area (Å²) in [6.07, 6.45) is 0.839. The Balaban J connectivity index is 2.35. The lowest BCUT2D eigenvalue weighted by atomic mass is 10.0. The van der Waals surface area contributed by atoms with E-state index in [0.29, 0.717) is 12.5 Å². The van der Waals surface area contributed by atoms with Crippen molar-refractivity contribution in [3.63, 3.8) is 0 Å². The summed E-state index contributed by atoms with van der Waals surface area (Å²) in [6.45, 7) is 5.05. The van der Waals surface area contributed by atoms with E-state index in [9.17, 15) is 0 Å². The fourth-order valence-electron chi connectivity index (χ4n) is 2.65. The molecule has 0 atom stereocenters. The SMILES string of the molecule is CC(C)c1ccc2nc3n(C)c(CCN)c(Br)n3c2c1. The second-order valence-corrected chi connectivity index (χ2v) is 6.24. The Morgan fingerprint density at radius 1 is 1.35 bits per heavy atom. The van der Waals surface area contributed by atoms with Crippen LogP contribution in [-0.2, 0) is 13.5 Å². The van der Waals surface area contributed by atoms with E-state index in [4.69, 9.17) is 10.7 Å². The van der Waals surface area contributed by atoms with Crippen molar-refractivity contribution < 1.29 is 0 Å². The highest BCUT2D eigenvalue weighted by molar-refractivity contribution is 9.10. The molecule has 3 aromatic rings. The van der Waals surface area contributed by atoms with Crippen molar-refractivity contribution >= 4 is 32.7 Å². The molecule has 0 radical (unpaired) electrons. The third-order valence-corrected chi connectivity index (χ3v) is 4.66. The highest BCUT2D eigenvalue weighted by atomic mass is 79.9. The van der Waals surface area contributed by atoms with Gasteiger partial charge in [0.05, 0.1) is 16.7 Å². The lowest BCUT2D eigenvalue weighted by Gasteiger charge is -2.05. The lowest BCUT2D eigenvalue weighted by Crippen LogP contribution is -2.07. The standard InChI is InChI=1S/C15H19BrN4/c1-9(2)10-4-5-11-13(8-10)20-14(16)12(6-7-17)19(3)15(20)18-11/h4-5,8-9H,6-7,17H2,1-3H3. The number of rotatable bonds is 3. The normalized spacial score (nSPS) is 12.1. The van der Waals surface area contributed by atoms with E-state index < -0.39 is 0 Å². The summed E-state index contributed by atoms with van der Waals surface area (Å²) in [5.41, 5.74) is 10.4. The second kappa shape index (κ2) is 4.90. The molecule has 106 valence electrons. The molecular formula is C15H19BrN4. The molecule has 0 bridgehead atoms. The van der Waals surface area contributed by atoms with Crippen LogP contribution in [0, 0.1) is 0 Å². The minimum atomic E-state index is 0.510. The minimum absolute atomic E-state index is 0.510. The van der Waals surface area contributed by atoms with Crippen molar-refractivity contribution in [2.24, 2.45) is 12.8 Å². The maximum atomic E-state index is 5.70. The molecule has 5 heteroatoms. The van der Waals surface area contributed by atoms with Crippen molar-refractivity contribution in [2.75, 3.05) is 6.54 Å². The van der Waals surface area contributed by atoms with Crippen LogP contribution in [0.1, 0.15) is 31.0 Å². The van der Waals surface area contributed by atoms with Gasteiger partial charge in [-0.3, -0.25) is 4.40 Å². The Morgan fingerprint density at radius 3 is 2.75 bits per heavy atom. The number of nitrogens with zero attached hydrogens (tertiary/aromatic N) is 3. The number of hydrogen-bond acceptors (Lipinski definition) is 2. The molecule has 0 saturated heterocycles. The van der Waals surface area contributed by atoms with Crippen LogP contribution in [0.2, 0.25) is 0 Å². The van der Waals surface area contributed by atoms with Gasteiger partial charge < -0.3 is 10.3 Å². The van der Waals surface area contributed by atoms with Gasteiger partial charge >= 0.3 is 0 Å². The Morgan fingerprint density at radius 2 is 2.10 bits per heavy atom. The molecule has 2 heterocycles. The van der Waals surface area contributed by atoms with Crippen molar-refractivity contribution in [3.05, 3.63) is 34.1 Å². The fourth-order valence-corrected chi connectivity index (χ4v) is 3.47. The first-order valence-corrected chi connectivity index (χ1v) is 7.69. The summed E-state index contributed by atoms with van der Waals surface area (Å²) < 4.78 is 5.35. The van der Waals surface area contributed by atoms with E-state index in [1.807, 2.05) is 7.05 Å².